The average molecular weight is 297 g/mol. The lowest BCUT2D eigenvalue weighted by atomic mass is 10.1. The quantitative estimate of drug-likeness (QED) is 0.759. The summed E-state index contributed by atoms with van der Waals surface area (Å²) in [7, 11) is 0. The monoisotopic (exact) mass is 297 g/mol. The first kappa shape index (κ1) is 13.2. The van der Waals surface area contributed by atoms with Crippen LogP contribution in [-0.2, 0) is 9.47 Å². The minimum absolute atomic E-state index is 0.107. The minimum atomic E-state index is -0.107. The van der Waals surface area contributed by atoms with E-state index < -0.39 is 0 Å². The summed E-state index contributed by atoms with van der Waals surface area (Å²) in [4.78, 5) is 3.11. The van der Waals surface area contributed by atoms with Gasteiger partial charge in [-0.15, -0.1) is 10.2 Å². The Bertz CT molecular complexity index is 809. The maximum atomic E-state index is 9.98. The van der Waals surface area contributed by atoms with Gasteiger partial charge in [0.1, 0.15) is 11.9 Å². The number of para-hydroxylation sites is 1. The van der Waals surface area contributed by atoms with Gasteiger partial charge in [0, 0.05) is 22.7 Å². The Hall–Kier alpha value is -2.44. The summed E-state index contributed by atoms with van der Waals surface area (Å²) in [5.74, 6) is 0.186. The third-order valence-electron chi connectivity index (χ3n) is 3.81. The fourth-order valence-corrected chi connectivity index (χ4v) is 2.70. The number of aromatic nitrogens is 3. The number of rotatable bonds is 2. The van der Waals surface area contributed by atoms with Crippen molar-refractivity contribution in [2.24, 2.45) is 0 Å². The highest BCUT2D eigenvalue weighted by Crippen LogP contribution is 2.32. The van der Waals surface area contributed by atoms with E-state index in [0.29, 0.717) is 36.7 Å². The molecule has 3 heterocycles. The van der Waals surface area contributed by atoms with Crippen molar-refractivity contribution in [1.82, 2.24) is 15.2 Å². The standard InChI is InChI=1S/C16H15N3O3/c20-14-4-2-1-3-10(14)13-7-11-12(8-17-16(11)19-18-13)15-9-21-5-6-22-15/h1-4,7-8,15,20H,5-6,9H2,(H,17,19). The number of phenolic OH excluding ortho intramolecular Hbond substituents is 1. The third-order valence-corrected chi connectivity index (χ3v) is 3.81. The van der Waals surface area contributed by atoms with Crippen LogP contribution >= 0.6 is 0 Å². The molecule has 1 saturated heterocycles. The number of H-pyrrole nitrogens is 1. The lowest BCUT2D eigenvalue weighted by Gasteiger charge is -2.22. The van der Waals surface area contributed by atoms with E-state index in [1.165, 1.54) is 0 Å². The molecule has 0 amide bonds. The molecule has 2 aromatic heterocycles. The molecule has 4 rings (SSSR count). The smallest absolute Gasteiger partial charge is 0.160 e. The zero-order valence-corrected chi connectivity index (χ0v) is 11.8. The zero-order chi connectivity index (χ0) is 14.9. The number of benzene rings is 1. The Kier molecular flexibility index (Phi) is 3.25. The summed E-state index contributed by atoms with van der Waals surface area (Å²) >= 11 is 0. The molecule has 2 N–H and O–H groups in total. The molecule has 112 valence electrons. The molecule has 1 aliphatic heterocycles. The van der Waals surface area contributed by atoms with Gasteiger partial charge in [-0.25, -0.2) is 0 Å². The Morgan fingerprint density at radius 1 is 1.18 bits per heavy atom. The second-order valence-electron chi connectivity index (χ2n) is 5.19. The first-order valence-corrected chi connectivity index (χ1v) is 7.15. The van der Waals surface area contributed by atoms with Gasteiger partial charge in [0.2, 0.25) is 0 Å². The molecule has 0 radical (unpaired) electrons. The highest BCUT2D eigenvalue weighted by Gasteiger charge is 2.21. The Labute approximate surface area is 126 Å². The molecular weight excluding hydrogens is 282 g/mol. The fraction of sp³-hybridized carbons (Fsp3) is 0.250. The maximum Gasteiger partial charge on any atom is 0.160 e. The van der Waals surface area contributed by atoms with Crippen molar-refractivity contribution in [1.29, 1.82) is 0 Å². The normalized spacial score (nSPS) is 18.6. The number of aromatic hydroxyl groups is 1. The van der Waals surface area contributed by atoms with Crippen LogP contribution in [0.2, 0.25) is 0 Å². The lowest BCUT2D eigenvalue weighted by molar-refractivity contribution is -0.0895. The molecule has 0 saturated carbocycles. The van der Waals surface area contributed by atoms with Crippen molar-refractivity contribution in [2.45, 2.75) is 6.10 Å². The number of hydrogen-bond acceptors (Lipinski definition) is 5. The summed E-state index contributed by atoms with van der Waals surface area (Å²) in [6, 6.07) is 9.01. The molecular formula is C16H15N3O3. The number of aromatic amines is 1. The number of hydrogen-bond donors (Lipinski definition) is 2. The number of nitrogens with one attached hydrogen (secondary N) is 1. The van der Waals surface area contributed by atoms with Crippen molar-refractivity contribution in [3.8, 4) is 17.0 Å². The molecule has 1 atom stereocenters. The van der Waals surface area contributed by atoms with Gasteiger partial charge >= 0.3 is 0 Å². The largest absolute Gasteiger partial charge is 0.507 e. The van der Waals surface area contributed by atoms with Crippen molar-refractivity contribution in [2.75, 3.05) is 19.8 Å². The van der Waals surface area contributed by atoms with E-state index in [1.807, 2.05) is 24.4 Å². The molecule has 0 bridgehead atoms. The van der Waals surface area contributed by atoms with Crippen molar-refractivity contribution >= 4 is 11.0 Å². The van der Waals surface area contributed by atoms with Crippen LogP contribution in [0.3, 0.4) is 0 Å². The molecule has 6 heteroatoms. The summed E-state index contributed by atoms with van der Waals surface area (Å²) in [5, 5.41) is 19.3. The van der Waals surface area contributed by atoms with E-state index in [-0.39, 0.29) is 11.9 Å². The van der Waals surface area contributed by atoms with Crippen LogP contribution in [0.15, 0.2) is 36.5 Å². The van der Waals surface area contributed by atoms with E-state index in [9.17, 15) is 5.11 Å². The van der Waals surface area contributed by atoms with Gasteiger partial charge < -0.3 is 19.6 Å². The molecule has 1 fully saturated rings. The van der Waals surface area contributed by atoms with Gasteiger partial charge in [0.25, 0.3) is 0 Å². The van der Waals surface area contributed by atoms with Crippen molar-refractivity contribution in [3.05, 3.63) is 42.1 Å². The number of nitrogens with zero attached hydrogens (tertiary/aromatic N) is 2. The van der Waals surface area contributed by atoms with Gasteiger partial charge in [0.15, 0.2) is 5.65 Å². The SMILES string of the molecule is Oc1ccccc1-c1cc2c(C3COCCO3)c[nH]c2nn1. The molecule has 1 unspecified atom stereocenters. The van der Waals surface area contributed by atoms with Crippen LogP contribution in [0, 0.1) is 0 Å². The van der Waals surface area contributed by atoms with Crippen LogP contribution in [-0.4, -0.2) is 40.1 Å². The fourth-order valence-electron chi connectivity index (χ4n) is 2.70. The predicted octanol–water partition coefficient (Wildman–Crippen LogP) is 2.42. The molecule has 0 aliphatic carbocycles. The van der Waals surface area contributed by atoms with Gasteiger partial charge in [-0.2, -0.15) is 0 Å². The van der Waals surface area contributed by atoms with Gasteiger partial charge in [-0.1, -0.05) is 12.1 Å². The molecule has 6 nitrogen and oxygen atoms in total. The van der Waals surface area contributed by atoms with Gasteiger partial charge in [0.05, 0.1) is 25.5 Å². The van der Waals surface area contributed by atoms with E-state index in [2.05, 4.69) is 15.2 Å². The second-order valence-corrected chi connectivity index (χ2v) is 5.19. The van der Waals surface area contributed by atoms with Crippen LogP contribution in [0.4, 0.5) is 0 Å². The number of ether oxygens (including phenoxy) is 2. The van der Waals surface area contributed by atoms with Crippen LogP contribution in [0.5, 0.6) is 5.75 Å². The first-order chi connectivity index (χ1) is 10.8. The summed E-state index contributed by atoms with van der Waals surface area (Å²) in [6.07, 6.45) is 1.77. The summed E-state index contributed by atoms with van der Waals surface area (Å²) in [6.45, 7) is 1.74. The highest BCUT2D eigenvalue weighted by molar-refractivity contribution is 5.84. The average Bonchev–Trinajstić information content (AvgIpc) is 2.99. The maximum absolute atomic E-state index is 9.98. The Balaban J connectivity index is 1.81. The lowest BCUT2D eigenvalue weighted by Crippen LogP contribution is -2.21. The minimum Gasteiger partial charge on any atom is -0.507 e. The van der Waals surface area contributed by atoms with E-state index in [0.717, 1.165) is 10.9 Å². The van der Waals surface area contributed by atoms with E-state index in [1.54, 1.807) is 12.1 Å². The van der Waals surface area contributed by atoms with Crippen LogP contribution < -0.4 is 0 Å². The first-order valence-electron chi connectivity index (χ1n) is 7.15. The van der Waals surface area contributed by atoms with E-state index >= 15 is 0 Å². The second kappa shape index (κ2) is 5.40. The molecule has 3 aromatic rings. The molecule has 1 aromatic carbocycles. The summed E-state index contributed by atoms with van der Waals surface area (Å²) < 4.78 is 11.2. The molecule has 0 spiro atoms. The van der Waals surface area contributed by atoms with E-state index in [4.69, 9.17) is 9.47 Å². The molecule has 22 heavy (non-hydrogen) atoms. The molecule has 1 aliphatic rings. The zero-order valence-electron chi connectivity index (χ0n) is 11.8. The van der Waals surface area contributed by atoms with Crippen molar-refractivity contribution < 1.29 is 14.6 Å². The highest BCUT2D eigenvalue weighted by atomic mass is 16.6. The third kappa shape index (κ3) is 2.22. The Morgan fingerprint density at radius 2 is 2.09 bits per heavy atom. The van der Waals surface area contributed by atoms with Gasteiger partial charge in [-0.3, -0.25) is 0 Å². The number of fused-ring (bicyclic) bond motifs is 1. The Morgan fingerprint density at radius 3 is 2.91 bits per heavy atom. The van der Waals surface area contributed by atoms with Crippen molar-refractivity contribution in [3.63, 3.8) is 0 Å². The predicted molar refractivity (Wildman–Crippen MR) is 80.5 cm³/mol. The topological polar surface area (TPSA) is 80.3 Å². The number of phenols is 1. The van der Waals surface area contributed by atoms with Gasteiger partial charge in [-0.05, 0) is 18.2 Å². The summed E-state index contributed by atoms with van der Waals surface area (Å²) in [5.41, 5.74) is 2.98. The van der Waals surface area contributed by atoms with Crippen LogP contribution in [0.25, 0.3) is 22.3 Å². The van der Waals surface area contributed by atoms with Crippen LogP contribution in [0.1, 0.15) is 11.7 Å².